The monoisotopic (exact) mass is 320 g/mol. The lowest BCUT2D eigenvalue weighted by atomic mass is 9.97. The van der Waals surface area contributed by atoms with Crippen LogP contribution in [0.4, 0.5) is 0 Å². The van der Waals surface area contributed by atoms with Crippen molar-refractivity contribution in [3.8, 4) is 5.75 Å². The molecule has 23 heavy (non-hydrogen) atoms. The topological polar surface area (TPSA) is 102 Å². The minimum atomic E-state index is -0.778. The molecule has 0 bridgehead atoms. The van der Waals surface area contributed by atoms with E-state index in [1.807, 2.05) is 0 Å². The van der Waals surface area contributed by atoms with E-state index < -0.39 is 5.92 Å². The first-order chi connectivity index (χ1) is 11.2. The van der Waals surface area contributed by atoms with Crippen molar-refractivity contribution in [1.82, 2.24) is 21.3 Å². The van der Waals surface area contributed by atoms with Crippen molar-refractivity contribution in [2.24, 2.45) is 5.92 Å². The summed E-state index contributed by atoms with van der Waals surface area (Å²) in [5, 5.41) is 21.4. The molecule has 1 aliphatic rings. The van der Waals surface area contributed by atoms with Gasteiger partial charge in [-0.2, -0.15) is 0 Å². The SMILES string of the molecule is O=C1NCCNCCNCCNC(=O)C1Cc1ccc(O)cc1. The number of nitrogens with one attached hydrogen (secondary N) is 4. The van der Waals surface area contributed by atoms with Crippen LogP contribution in [0.2, 0.25) is 0 Å². The Balaban J connectivity index is 2.04. The summed E-state index contributed by atoms with van der Waals surface area (Å²) in [4.78, 5) is 24.7. The highest BCUT2D eigenvalue weighted by molar-refractivity contribution is 6.00. The van der Waals surface area contributed by atoms with Gasteiger partial charge in [-0.3, -0.25) is 9.59 Å². The number of amides is 2. The van der Waals surface area contributed by atoms with Crippen molar-refractivity contribution in [2.75, 3.05) is 39.3 Å². The molecule has 1 aromatic carbocycles. The van der Waals surface area contributed by atoms with Crippen LogP contribution in [-0.4, -0.2) is 56.2 Å². The molecule has 0 aliphatic carbocycles. The fourth-order valence-electron chi connectivity index (χ4n) is 2.39. The van der Waals surface area contributed by atoms with E-state index >= 15 is 0 Å². The number of benzene rings is 1. The Bertz CT molecular complexity index is 495. The molecule has 5 N–H and O–H groups in total. The molecule has 2 rings (SSSR count). The van der Waals surface area contributed by atoms with E-state index in [4.69, 9.17) is 0 Å². The molecule has 1 heterocycles. The number of phenols is 1. The minimum absolute atomic E-state index is 0.162. The zero-order chi connectivity index (χ0) is 16.5. The molecule has 1 fully saturated rings. The molecular formula is C16H24N4O3. The Morgan fingerprint density at radius 2 is 1.30 bits per heavy atom. The molecule has 0 saturated carbocycles. The zero-order valence-corrected chi connectivity index (χ0v) is 13.1. The maximum Gasteiger partial charge on any atom is 0.232 e. The quantitative estimate of drug-likeness (QED) is 0.449. The first-order valence-electron chi connectivity index (χ1n) is 7.91. The molecule has 1 saturated heterocycles. The average Bonchev–Trinajstić information content (AvgIpc) is 2.56. The Morgan fingerprint density at radius 3 is 1.83 bits per heavy atom. The molecule has 0 unspecified atom stereocenters. The van der Waals surface area contributed by atoms with Crippen molar-refractivity contribution >= 4 is 11.8 Å². The number of rotatable bonds is 2. The van der Waals surface area contributed by atoms with E-state index in [1.54, 1.807) is 24.3 Å². The van der Waals surface area contributed by atoms with Gasteiger partial charge in [0.05, 0.1) is 0 Å². The van der Waals surface area contributed by atoms with Crippen LogP contribution in [0.25, 0.3) is 0 Å². The zero-order valence-electron chi connectivity index (χ0n) is 13.1. The van der Waals surface area contributed by atoms with E-state index in [0.717, 1.165) is 18.7 Å². The van der Waals surface area contributed by atoms with Gasteiger partial charge in [0, 0.05) is 39.3 Å². The van der Waals surface area contributed by atoms with Crippen LogP contribution >= 0.6 is 0 Å². The highest BCUT2D eigenvalue weighted by Crippen LogP contribution is 2.14. The molecule has 7 heteroatoms. The standard InChI is InChI=1S/C16H24N4O3/c21-13-3-1-12(2-4-13)11-14-15(22)19-9-7-17-5-6-18-8-10-20-16(14)23/h1-4,14,17-18,21H,5-11H2,(H,19,22)(H,20,23). The number of phenolic OH excluding ortho intramolecular Hbond substituents is 1. The number of hydrogen-bond donors (Lipinski definition) is 5. The molecule has 0 aromatic heterocycles. The summed E-state index contributed by atoms with van der Waals surface area (Å²) in [6.45, 7) is 3.94. The summed E-state index contributed by atoms with van der Waals surface area (Å²) in [5.74, 6) is -1.16. The highest BCUT2D eigenvalue weighted by atomic mass is 16.3. The minimum Gasteiger partial charge on any atom is -0.508 e. The lowest BCUT2D eigenvalue weighted by Gasteiger charge is -2.17. The van der Waals surface area contributed by atoms with Crippen molar-refractivity contribution < 1.29 is 14.7 Å². The molecule has 0 radical (unpaired) electrons. The molecule has 7 nitrogen and oxygen atoms in total. The largest absolute Gasteiger partial charge is 0.508 e. The first kappa shape index (κ1) is 17.2. The lowest BCUT2D eigenvalue weighted by molar-refractivity contribution is -0.135. The summed E-state index contributed by atoms with van der Waals surface area (Å²) in [6, 6.07) is 6.55. The predicted molar refractivity (Wildman–Crippen MR) is 87.1 cm³/mol. The molecule has 2 amide bonds. The normalized spacial score (nSPS) is 19.0. The summed E-state index contributed by atoms with van der Waals surface area (Å²) < 4.78 is 0. The van der Waals surface area contributed by atoms with Gasteiger partial charge in [-0.1, -0.05) is 12.1 Å². The third-order valence-corrected chi connectivity index (χ3v) is 3.69. The summed E-state index contributed by atoms with van der Waals surface area (Å²) in [7, 11) is 0. The maximum atomic E-state index is 12.3. The summed E-state index contributed by atoms with van der Waals surface area (Å²) in [5.41, 5.74) is 0.832. The van der Waals surface area contributed by atoms with E-state index in [1.165, 1.54) is 0 Å². The molecular weight excluding hydrogens is 296 g/mol. The van der Waals surface area contributed by atoms with Crippen molar-refractivity contribution in [3.63, 3.8) is 0 Å². The van der Waals surface area contributed by atoms with Gasteiger partial charge in [-0.05, 0) is 24.1 Å². The van der Waals surface area contributed by atoms with Gasteiger partial charge in [-0.25, -0.2) is 0 Å². The van der Waals surface area contributed by atoms with Crippen molar-refractivity contribution in [1.29, 1.82) is 0 Å². The Hall–Kier alpha value is -2.12. The van der Waals surface area contributed by atoms with Gasteiger partial charge >= 0.3 is 0 Å². The van der Waals surface area contributed by atoms with E-state index in [-0.39, 0.29) is 17.6 Å². The Morgan fingerprint density at radius 1 is 0.826 bits per heavy atom. The molecule has 0 spiro atoms. The highest BCUT2D eigenvalue weighted by Gasteiger charge is 2.26. The van der Waals surface area contributed by atoms with Gasteiger partial charge in [0.2, 0.25) is 11.8 Å². The van der Waals surface area contributed by atoms with Crippen molar-refractivity contribution in [3.05, 3.63) is 29.8 Å². The van der Waals surface area contributed by atoms with Gasteiger partial charge < -0.3 is 26.4 Å². The van der Waals surface area contributed by atoms with Gasteiger partial charge in [0.15, 0.2) is 0 Å². The Kier molecular flexibility index (Phi) is 6.83. The second-order valence-electron chi connectivity index (χ2n) is 5.51. The van der Waals surface area contributed by atoms with Crippen molar-refractivity contribution in [2.45, 2.75) is 6.42 Å². The third kappa shape index (κ3) is 5.88. The number of hydrogen-bond acceptors (Lipinski definition) is 5. The predicted octanol–water partition coefficient (Wildman–Crippen LogP) is -1.02. The Labute approximate surface area is 135 Å². The second-order valence-corrected chi connectivity index (χ2v) is 5.51. The van der Waals surface area contributed by atoms with E-state index in [9.17, 15) is 14.7 Å². The number of carbonyl (C=O) groups excluding carboxylic acids is 2. The van der Waals surface area contributed by atoms with Gasteiger partial charge in [-0.15, -0.1) is 0 Å². The number of carbonyl (C=O) groups is 2. The molecule has 1 aromatic rings. The van der Waals surface area contributed by atoms with Crippen LogP contribution in [0.3, 0.4) is 0 Å². The summed E-state index contributed by atoms with van der Waals surface area (Å²) in [6.07, 6.45) is 0.304. The van der Waals surface area contributed by atoms with Crippen LogP contribution in [0.1, 0.15) is 5.56 Å². The van der Waals surface area contributed by atoms with Crippen LogP contribution in [0.5, 0.6) is 5.75 Å². The van der Waals surface area contributed by atoms with Crippen LogP contribution in [-0.2, 0) is 16.0 Å². The smallest absolute Gasteiger partial charge is 0.232 e. The fourth-order valence-corrected chi connectivity index (χ4v) is 2.39. The lowest BCUT2D eigenvalue weighted by Crippen LogP contribution is -2.44. The van der Waals surface area contributed by atoms with Crippen LogP contribution in [0, 0.1) is 5.92 Å². The second kappa shape index (κ2) is 9.12. The van der Waals surface area contributed by atoms with Gasteiger partial charge in [0.25, 0.3) is 0 Å². The van der Waals surface area contributed by atoms with E-state index in [0.29, 0.717) is 32.6 Å². The van der Waals surface area contributed by atoms with Crippen LogP contribution in [0.15, 0.2) is 24.3 Å². The molecule has 0 atom stereocenters. The maximum absolute atomic E-state index is 12.3. The van der Waals surface area contributed by atoms with E-state index in [2.05, 4.69) is 21.3 Å². The van der Waals surface area contributed by atoms with Crippen LogP contribution < -0.4 is 21.3 Å². The average molecular weight is 320 g/mol. The first-order valence-corrected chi connectivity index (χ1v) is 7.91. The van der Waals surface area contributed by atoms with Gasteiger partial charge in [0.1, 0.15) is 11.7 Å². The summed E-state index contributed by atoms with van der Waals surface area (Å²) >= 11 is 0. The molecule has 126 valence electrons. The third-order valence-electron chi connectivity index (χ3n) is 3.69. The fraction of sp³-hybridized carbons (Fsp3) is 0.500. The number of aromatic hydroxyl groups is 1. The molecule has 1 aliphatic heterocycles.